The zero-order chi connectivity index (χ0) is 13.6. The van der Waals surface area contributed by atoms with Gasteiger partial charge in [-0.15, -0.1) is 4.83 Å². The van der Waals surface area contributed by atoms with Gasteiger partial charge in [0.2, 0.25) is 10.0 Å². The van der Waals surface area contributed by atoms with E-state index < -0.39 is 25.9 Å². The highest BCUT2D eigenvalue weighted by atomic mass is 32.2. The summed E-state index contributed by atoms with van der Waals surface area (Å²) in [6.07, 6.45) is 0.824. The molecule has 0 amide bonds. The Morgan fingerprint density at radius 3 is 2.28 bits per heavy atom. The normalized spacial score (nSPS) is 12.7. The van der Waals surface area contributed by atoms with Crippen LogP contribution >= 0.6 is 0 Å². The Balaban J connectivity index is 2.54. The molecule has 7 nitrogen and oxygen atoms in total. The van der Waals surface area contributed by atoms with Gasteiger partial charge in [-0.3, -0.25) is 4.55 Å². The van der Waals surface area contributed by atoms with Gasteiger partial charge in [-0.2, -0.15) is 8.42 Å². The van der Waals surface area contributed by atoms with Gasteiger partial charge in [0.25, 0.3) is 10.1 Å². The maximum Gasteiger partial charge on any atom is 0.287 e. The fourth-order valence-electron chi connectivity index (χ4n) is 0.987. The molecule has 0 bridgehead atoms. The van der Waals surface area contributed by atoms with E-state index in [1.54, 1.807) is 30.3 Å². The molecule has 3 N–H and O–H groups in total. The van der Waals surface area contributed by atoms with E-state index in [0.717, 1.165) is 6.08 Å². The number of hydrogen-bond donors (Lipinski definition) is 3. The van der Waals surface area contributed by atoms with E-state index in [9.17, 15) is 16.8 Å². The SMILES string of the molecule is O=S(=O)(O)C=CCS(=O)(=O)NNc1ccccc1. The second-order valence-electron chi connectivity index (χ2n) is 3.26. The van der Waals surface area contributed by atoms with Crippen molar-refractivity contribution in [2.45, 2.75) is 0 Å². The number of anilines is 1. The van der Waals surface area contributed by atoms with E-state index in [1.807, 2.05) is 0 Å². The van der Waals surface area contributed by atoms with Gasteiger partial charge < -0.3 is 5.43 Å². The molecule has 18 heavy (non-hydrogen) atoms. The Kier molecular flexibility index (Phi) is 4.84. The van der Waals surface area contributed by atoms with Gasteiger partial charge in [-0.25, -0.2) is 8.42 Å². The number of nitrogens with one attached hydrogen (secondary N) is 2. The monoisotopic (exact) mass is 292 g/mol. The number of hydrazine groups is 1. The highest BCUT2D eigenvalue weighted by Crippen LogP contribution is 2.03. The van der Waals surface area contributed by atoms with Gasteiger partial charge in [0.05, 0.1) is 11.2 Å². The highest BCUT2D eigenvalue weighted by molar-refractivity contribution is 7.90. The Labute approximate surface area is 105 Å². The van der Waals surface area contributed by atoms with Gasteiger partial charge in [-0.05, 0) is 12.1 Å². The fourth-order valence-corrected chi connectivity index (χ4v) is 2.15. The molecule has 0 saturated heterocycles. The molecule has 0 radical (unpaired) electrons. The third kappa shape index (κ3) is 6.35. The van der Waals surface area contributed by atoms with Crippen molar-refractivity contribution in [3.63, 3.8) is 0 Å². The first-order chi connectivity index (χ1) is 8.29. The van der Waals surface area contributed by atoms with Crippen LogP contribution in [0.1, 0.15) is 0 Å². The van der Waals surface area contributed by atoms with E-state index in [2.05, 4.69) is 10.3 Å². The van der Waals surface area contributed by atoms with Crippen LogP contribution < -0.4 is 10.3 Å². The van der Waals surface area contributed by atoms with Gasteiger partial charge in [0.15, 0.2) is 0 Å². The van der Waals surface area contributed by atoms with E-state index in [4.69, 9.17) is 4.55 Å². The van der Waals surface area contributed by atoms with Crippen LogP contribution in [0.25, 0.3) is 0 Å². The summed E-state index contributed by atoms with van der Waals surface area (Å²) in [5.41, 5.74) is 2.99. The lowest BCUT2D eigenvalue weighted by Crippen LogP contribution is -2.31. The quantitative estimate of drug-likeness (QED) is 0.514. The zero-order valence-electron chi connectivity index (χ0n) is 9.15. The molecular formula is C9H12N2O5S2. The van der Waals surface area contributed by atoms with Gasteiger partial charge in [0, 0.05) is 5.69 Å². The predicted molar refractivity (Wildman–Crippen MR) is 67.7 cm³/mol. The minimum atomic E-state index is -4.31. The van der Waals surface area contributed by atoms with Crippen LogP contribution in [0.4, 0.5) is 5.69 Å². The summed E-state index contributed by atoms with van der Waals surface area (Å²) >= 11 is 0. The standard InChI is InChI=1S/C9H12N2O5S2/c12-17(13,7-4-8-18(14,15)16)11-10-9-5-2-1-3-6-9/h1-6,8,10-11H,7H2,(H,14,15,16). The molecule has 9 heteroatoms. The van der Waals surface area contributed by atoms with E-state index in [-0.39, 0.29) is 0 Å². The van der Waals surface area contributed by atoms with Crippen LogP contribution in [-0.4, -0.2) is 27.1 Å². The fraction of sp³-hybridized carbons (Fsp3) is 0.111. The molecular weight excluding hydrogens is 280 g/mol. The van der Waals surface area contributed by atoms with Crippen molar-refractivity contribution in [1.29, 1.82) is 0 Å². The number of benzene rings is 1. The molecule has 0 atom stereocenters. The van der Waals surface area contributed by atoms with E-state index >= 15 is 0 Å². The van der Waals surface area contributed by atoms with Crippen LogP contribution in [0.3, 0.4) is 0 Å². The number of hydrogen-bond acceptors (Lipinski definition) is 5. The summed E-state index contributed by atoms with van der Waals surface area (Å²) < 4.78 is 51.8. The molecule has 1 aromatic carbocycles. The first kappa shape index (κ1) is 14.6. The Morgan fingerprint density at radius 2 is 1.72 bits per heavy atom. The molecule has 100 valence electrons. The average molecular weight is 292 g/mol. The number of sulfonamides is 1. The maximum absolute atomic E-state index is 11.4. The number of rotatable bonds is 6. The molecule has 0 aromatic heterocycles. The molecule has 1 rings (SSSR count). The van der Waals surface area contributed by atoms with E-state index in [0.29, 0.717) is 11.1 Å². The first-order valence-electron chi connectivity index (χ1n) is 4.73. The van der Waals surface area contributed by atoms with Crippen molar-refractivity contribution in [3.05, 3.63) is 41.8 Å². The highest BCUT2D eigenvalue weighted by Gasteiger charge is 2.07. The number of para-hydroxylation sites is 1. The van der Waals surface area contributed by atoms with Crippen LogP contribution in [0.5, 0.6) is 0 Å². The Bertz CT molecular complexity index is 608. The summed E-state index contributed by atoms with van der Waals surface area (Å²) in [5, 5.41) is 0.411. The van der Waals surface area contributed by atoms with Gasteiger partial charge in [-0.1, -0.05) is 24.3 Å². The third-order valence-electron chi connectivity index (χ3n) is 1.71. The summed E-state index contributed by atoms with van der Waals surface area (Å²) in [6, 6.07) is 8.51. The maximum atomic E-state index is 11.4. The second-order valence-corrected chi connectivity index (χ2v) is 6.33. The van der Waals surface area contributed by atoms with Crippen LogP contribution in [0.15, 0.2) is 41.8 Å². The van der Waals surface area contributed by atoms with Crippen molar-refractivity contribution in [1.82, 2.24) is 4.83 Å². The van der Waals surface area contributed by atoms with E-state index in [1.165, 1.54) is 0 Å². The molecule has 0 spiro atoms. The average Bonchev–Trinajstić information content (AvgIpc) is 2.26. The molecule has 0 unspecified atom stereocenters. The molecule has 0 aliphatic heterocycles. The Hall–Kier alpha value is -1.42. The first-order valence-corrected chi connectivity index (χ1v) is 7.89. The van der Waals surface area contributed by atoms with Crippen molar-refractivity contribution in [2.24, 2.45) is 0 Å². The summed E-state index contributed by atoms with van der Waals surface area (Å²) in [5.74, 6) is -0.577. The molecule has 0 fully saturated rings. The zero-order valence-corrected chi connectivity index (χ0v) is 10.8. The summed E-state index contributed by atoms with van der Waals surface area (Å²) in [7, 11) is -8.03. The summed E-state index contributed by atoms with van der Waals surface area (Å²) in [4.78, 5) is 2.06. The van der Waals surface area contributed by atoms with Crippen LogP contribution in [0.2, 0.25) is 0 Å². The minimum Gasteiger partial charge on any atom is -0.308 e. The third-order valence-corrected chi connectivity index (χ3v) is 3.29. The second kappa shape index (κ2) is 5.96. The molecule has 0 heterocycles. The van der Waals surface area contributed by atoms with Gasteiger partial charge in [0.1, 0.15) is 0 Å². The largest absolute Gasteiger partial charge is 0.308 e. The van der Waals surface area contributed by atoms with Crippen LogP contribution in [-0.2, 0) is 20.1 Å². The Morgan fingerprint density at radius 1 is 1.11 bits per heavy atom. The smallest absolute Gasteiger partial charge is 0.287 e. The lowest BCUT2D eigenvalue weighted by atomic mass is 10.3. The van der Waals surface area contributed by atoms with Crippen LogP contribution in [0, 0.1) is 0 Å². The molecule has 0 saturated carbocycles. The molecule has 0 aliphatic carbocycles. The van der Waals surface area contributed by atoms with Crippen molar-refractivity contribution in [3.8, 4) is 0 Å². The lowest BCUT2D eigenvalue weighted by Gasteiger charge is -2.07. The topological polar surface area (TPSA) is 113 Å². The van der Waals surface area contributed by atoms with Crippen molar-refractivity contribution < 1.29 is 21.4 Å². The summed E-state index contributed by atoms with van der Waals surface area (Å²) in [6.45, 7) is 0. The van der Waals surface area contributed by atoms with Gasteiger partial charge >= 0.3 is 0 Å². The molecule has 1 aromatic rings. The minimum absolute atomic E-state index is 0.411. The lowest BCUT2D eigenvalue weighted by molar-refractivity contribution is 0.494. The van der Waals surface area contributed by atoms with Crippen molar-refractivity contribution in [2.75, 3.05) is 11.2 Å². The van der Waals surface area contributed by atoms with Crippen molar-refractivity contribution >= 4 is 25.8 Å². The predicted octanol–water partition coefficient (Wildman–Crippen LogP) is 0.334. The molecule has 0 aliphatic rings.